The van der Waals surface area contributed by atoms with Gasteiger partial charge in [-0.2, -0.15) is 0 Å². The molecule has 1 aromatic rings. The molecular formula is C11H15ClN2O. The first-order chi connectivity index (χ1) is 7.31. The summed E-state index contributed by atoms with van der Waals surface area (Å²) < 4.78 is 5.36. The Morgan fingerprint density at radius 1 is 1.40 bits per heavy atom. The van der Waals surface area contributed by atoms with E-state index >= 15 is 0 Å². The number of hydrazine groups is 1. The third-order valence-corrected chi connectivity index (χ3v) is 3.10. The summed E-state index contributed by atoms with van der Waals surface area (Å²) in [5.41, 5.74) is 4.02. The van der Waals surface area contributed by atoms with Gasteiger partial charge in [-0.3, -0.25) is 11.3 Å². The van der Waals surface area contributed by atoms with Gasteiger partial charge in [-0.1, -0.05) is 23.7 Å². The van der Waals surface area contributed by atoms with Crippen LogP contribution in [0.4, 0.5) is 0 Å². The van der Waals surface area contributed by atoms with Crippen LogP contribution in [0.5, 0.6) is 0 Å². The van der Waals surface area contributed by atoms with E-state index in [9.17, 15) is 0 Å². The van der Waals surface area contributed by atoms with Crippen molar-refractivity contribution in [1.29, 1.82) is 0 Å². The highest BCUT2D eigenvalue weighted by atomic mass is 35.5. The number of hydrogen-bond acceptors (Lipinski definition) is 3. The lowest BCUT2D eigenvalue weighted by atomic mass is 9.93. The van der Waals surface area contributed by atoms with Gasteiger partial charge in [0.25, 0.3) is 0 Å². The molecule has 2 unspecified atom stereocenters. The number of hydrogen-bond donors (Lipinski definition) is 2. The van der Waals surface area contributed by atoms with Crippen molar-refractivity contribution in [1.82, 2.24) is 5.43 Å². The number of benzene rings is 1. The van der Waals surface area contributed by atoms with Crippen molar-refractivity contribution < 1.29 is 4.74 Å². The third-order valence-electron chi connectivity index (χ3n) is 2.84. The fourth-order valence-electron chi connectivity index (χ4n) is 1.99. The lowest BCUT2D eigenvalue weighted by Gasteiger charge is -2.21. The van der Waals surface area contributed by atoms with Gasteiger partial charge in [0.1, 0.15) is 0 Å². The molecule has 3 N–H and O–H groups in total. The maximum Gasteiger partial charge on any atom is 0.0513 e. The summed E-state index contributed by atoms with van der Waals surface area (Å²) in [6.07, 6.45) is 1.05. The van der Waals surface area contributed by atoms with Crippen molar-refractivity contribution in [3.8, 4) is 0 Å². The lowest BCUT2D eigenvalue weighted by molar-refractivity contribution is 0.177. The molecule has 2 atom stereocenters. The zero-order valence-electron chi connectivity index (χ0n) is 8.45. The predicted molar refractivity (Wildman–Crippen MR) is 60.4 cm³/mol. The molecule has 1 saturated heterocycles. The molecule has 1 aromatic carbocycles. The Morgan fingerprint density at radius 2 is 2.13 bits per heavy atom. The molecule has 1 heterocycles. The minimum atomic E-state index is 0.157. The van der Waals surface area contributed by atoms with Crippen molar-refractivity contribution in [2.75, 3.05) is 13.2 Å². The first kappa shape index (κ1) is 10.9. The molecule has 0 bridgehead atoms. The first-order valence-electron chi connectivity index (χ1n) is 5.10. The van der Waals surface area contributed by atoms with E-state index < -0.39 is 0 Å². The second-order valence-corrected chi connectivity index (χ2v) is 4.26. The van der Waals surface area contributed by atoms with Crippen molar-refractivity contribution in [2.24, 2.45) is 11.8 Å². The Bertz CT molecular complexity index is 309. The molecule has 2 rings (SSSR count). The minimum Gasteiger partial charge on any atom is -0.381 e. The molecule has 0 aromatic heterocycles. The van der Waals surface area contributed by atoms with Crippen LogP contribution in [-0.4, -0.2) is 13.2 Å². The van der Waals surface area contributed by atoms with Crippen LogP contribution >= 0.6 is 11.6 Å². The maximum atomic E-state index is 5.84. The lowest BCUT2D eigenvalue weighted by Crippen LogP contribution is -2.33. The molecule has 1 aliphatic rings. The van der Waals surface area contributed by atoms with Gasteiger partial charge in [-0.25, -0.2) is 0 Å². The molecule has 0 saturated carbocycles. The van der Waals surface area contributed by atoms with E-state index in [-0.39, 0.29) is 6.04 Å². The number of nitrogens with two attached hydrogens (primary N) is 1. The SMILES string of the molecule is NNC(c1ccc(Cl)cc1)C1CCOC1. The van der Waals surface area contributed by atoms with Gasteiger partial charge in [0, 0.05) is 17.5 Å². The Balaban J connectivity index is 2.14. The van der Waals surface area contributed by atoms with Crippen molar-refractivity contribution in [3.05, 3.63) is 34.9 Å². The molecule has 0 spiro atoms. The van der Waals surface area contributed by atoms with Gasteiger partial charge in [0.15, 0.2) is 0 Å². The fourth-order valence-corrected chi connectivity index (χ4v) is 2.12. The molecule has 0 amide bonds. The molecule has 0 aliphatic carbocycles. The largest absolute Gasteiger partial charge is 0.381 e. The molecular weight excluding hydrogens is 212 g/mol. The van der Waals surface area contributed by atoms with E-state index in [0.29, 0.717) is 5.92 Å². The van der Waals surface area contributed by atoms with Gasteiger partial charge in [-0.15, -0.1) is 0 Å². The van der Waals surface area contributed by atoms with Crippen LogP contribution in [0.2, 0.25) is 5.02 Å². The summed E-state index contributed by atoms with van der Waals surface area (Å²) >= 11 is 5.84. The van der Waals surface area contributed by atoms with Gasteiger partial charge >= 0.3 is 0 Å². The van der Waals surface area contributed by atoms with Gasteiger partial charge in [0.2, 0.25) is 0 Å². The second kappa shape index (κ2) is 4.94. The quantitative estimate of drug-likeness (QED) is 0.611. The second-order valence-electron chi connectivity index (χ2n) is 3.82. The van der Waals surface area contributed by atoms with Gasteiger partial charge in [-0.05, 0) is 24.1 Å². The molecule has 3 nitrogen and oxygen atoms in total. The summed E-state index contributed by atoms with van der Waals surface area (Å²) in [4.78, 5) is 0. The maximum absolute atomic E-state index is 5.84. The smallest absolute Gasteiger partial charge is 0.0513 e. The number of rotatable bonds is 3. The van der Waals surface area contributed by atoms with Crippen LogP contribution in [-0.2, 0) is 4.74 Å². The number of halogens is 1. The summed E-state index contributed by atoms with van der Waals surface area (Å²) in [7, 11) is 0. The van der Waals surface area contributed by atoms with Gasteiger partial charge in [0.05, 0.1) is 12.6 Å². The highest BCUT2D eigenvalue weighted by Gasteiger charge is 2.25. The Kier molecular flexibility index (Phi) is 3.59. The monoisotopic (exact) mass is 226 g/mol. The Morgan fingerprint density at radius 3 is 2.67 bits per heavy atom. The van der Waals surface area contributed by atoms with E-state index in [4.69, 9.17) is 22.2 Å². The molecule has 1 aliphatic heterocycles. The van der Waals surface area contributed by atoms with E-state index in [2.05, 4.69) is 5.43 Å². The van der Waals surface area contributed by atoms with E-state index in [1.54, 1.807) is 0 Å². The van der Waals surface area contributed by atoms with Crippen molar-refractivity contribution in [3.63, 3.8) is 0 Å². The van der Waals surface area contributed by atoms with E-state index in [1.165, 1.54) is 0 Å². The predicted octanol–water partition coefficient (Wildman–Crippen LogP) is 1.88. The van der Waals surface area contributed by atoms with Crippen LogP contribution in [0.25, 0.3) is 0 Å². The van der Waals surface area contributed by atoms with Crippen molar-refractivity contribution in [2.45, 2.75) is 12.5 Å². The summed E-state index contributed by atoms with van der Waals surface area (Å²) in [5, 5.41) is 0.747. The average Bonchev–Trinajstić information content (AvgIpc) is 2.75. The highest BCUT2D eigenvalue weighted by Crippen LogP contribution is 2.28. The summed E-state index contributed by atoms with van der Waals surface area (Å²) in [5.74, 6) is 6.04. The Labute approximate surface area is 94.5 Å². The normalized spacial score (nSPS) is 22.9. The minimum absolute atomic E-state index is 0.157. The topological polar surface area (TPSA) is 47.3 Å². The van der Waals surface area contributed by atoms with Crippen LogP contribution in [0, 0.1) is 5.92 Å². The van der Waals surface area contributed by atoms with E-state index in [1.807, 2.05) is 24.3 Å². The third kappa shape index (κ3) is 2.49. The average molecular weight is 227 g/mol. The fraction of sp³-hybridized carbons (Fsp3) is 0.455. The molecule has 1 fully saturated rings. The molecule has 15 heavy (non-hydrogen) atoms. The summed E-state index contributed by atoms with van der Waals surface area (Å²) in [6, 6.07) is 7.94. The standard InChI is InChI=1S/C11H15ClN2O/c12-10-3-1-8(2-4-10)11(14-13)9-5-6-15-7-9/h1-4,9,11,14H,5-7,13H2. The number of ether oxygens (including phenoxy) is 1. The first-order valence-corrected chi connectivity index (χ1v) is 5.48. The van der Waals surface area contributed by atoms with Crippen LogP contribution < -0.4 is 11.3 Å². The Hall–Kier alpha value is -0.610. The highest BCUT2D eigenvalue weighted by molar-refractivity contribution is 6.30. The molecule has 4 heteroatoms. The zero-order chi connectivity index (χ0) is 10.7. The van der Waals surface area contributed by atoms with Crippen LogP contribution in [0.15, 0.2) is 24.3 Å². The molecule has 0 radical (unpaired) electrons. The zero-order valence-corrected chi connectivity index (χ0v) is 9.20. The van der Waals surface area contributed by atoms with Crippen LogP contribution in [0.3, 0.4) is 0 Å². The number of nitrogens with one attached hydrogen (secondary N) is 1. The van der Waals surface area contributed by atoms with E-state index in [0.717, 1.165) is 30.2 Å². The van der Waals surface area contributed by atoms with Gasteiger partial charge < -0.3 is 4.74 Å². The van der Waals surface area contributed by atoms with Crippen molar-refractivity contribution >= 4 is 11.6 Å². The molecule has 82 valence electrons. The summed E-state index contributed by atoms with van der Waals surface area (Å²) in [6.45, 7) is 1.61. The van der Waals surface area contributed by atoms with Crippen LogP contribution in [0.1, 0.15) is 18.0 Å².